The molecule has 0 spiro atoms. The van der Waals surface area contributed by atoms with Crippen molar-refractivity contribution in [3.8, 4) is 11.6 Å². The number of aromatic amines is 1. The highest BCUT2D eigenvalue weighted by atomic mass is 35.5. The summed E-state index contributed by atoms with van der Waals surface area (Å²) in [5.74, 6) is 0.577. The molecule has 5 nitrogen and oxygen atoms in total. The van der Waals surface area contributed by atoms with E-state index in [9.17, 15) is 26.3 Å². The van der Waals surface area contributed by atoms with Crippen LogP contribution >= 0.6 is 11.6 Å². The van der Waals surface area contributed by atoms with Gasteiger partial charge in [0.2, 0.25) is 5.82 Å². The summed E-state index contributed by atoms with van der Waals surface area (Å²) in [5.41, 5.74) is -2.31. The van der Waals surface area contributed by atoms with Gasteiger partial charge in [-0.1, -0.05) is 17.7 Å². The van der Waals surface area contributed by atoms with Crippen LogP contribution in [-0.2, 0) is 25.2 Å². The van der Waals surface area contributed by atoms with Gasteiger partial charge in [-0.25, -0.2) is 0 Å². The van der Waals surface area contributed by atoms with E-state index in [0.717, 1.165) is 6.07 Å². The van der Waals surface area contributed by atoms with Gasteiger partial charge in [-0.3, -0.25) is 0 Å². The van der Waals surface area contributed by atoms with Crippen LogP contribution in [-0.4, -0.2) is 20.6 Å². The van der Waals surface area contributed by atoms with E-state index in [1.807, 2.05) is 0 Å². The lowest BCUT2D eigenvalue weighted by Gasteiger charge is -2.16. The summed E-state index contributed by atoms with van der Waals surface area (Å²) in [6, 6.07) is 6.90. The van der Waals surface area contributed by atoms with E-state index < -0.39 is 23.5 Å². The van der Waals surface area contributed by atoms with Crippen LogP contribution in [0.5, 0.6) is 0 Å². The van der Waals surface area contributed by atoms with Crippen molar-refractivity contribution >= 4 is 22.6 Å². The number of tetrazole rings is 1. The largest absolute Gasteiger partial charge is 0.453 e. The predicted molar refractivity (Wildman–Crippen MR) is 98.2 cm³/mol. The Balaban J connectivity index is 1.61. The quantitative estimate of drug-likeness (QED) is 0.374. The number of benzene rings is 2. The maximum absolute atomic E-state index is 13.1. The highest BCUT2D eigenvalue weighted by molar-refractivity contribution is 6.32. The first-order valence-corrected chi connectivity index (χ1v) is 9.13. The minimum absolute atomic E-state index is 0.0465. The molecule has 4 rings (SSSR count). The number of hydrogen-bond donors (Lipinski definition) is 1. The van der Waals surface area contributed by atoms with Crippen molar-refractivity contribution < 1.29 is 30.8 Å². The Bertz CT molecular complexity index is 1230. The third kappa shape index (κ3) is 4.36. The number of nitrogens with one attached hydrogen (secondary N) is 1. The summed E-state index contributed by atoms with van der Waals surface area (Å²) in [6.45, 7) is 0. The van der Waals surface area contributed by atoms with Gasteiger partial charge in [0.05, 0.1) is 11.1 Å². The molecule has 0 bridgehead atoms. The number of furan rings is 1. The van der Waals surface area contributed by atoms with E-state index in [2.05, 4.69) is 20.6 Å². The van der Waals surface area contributed by atoms with Gasteiger partial charge in [-0.05, 0) is 59.5 Å². The van der Waals surface area contributed by atoms with Gasteiger partial charge in [0.25, 0.3) is 0 Å². The van der Waals surface area contributed by atoms with Gasteiger partial charge in [-0.2, -0.15) is 31.6 Å². The molecule has 0 saturated carbocycles. The first kappa shape index (κ1) is 21.2. The van der Waals surface area contributed by atoms with E-state index >= 15 is 0 Å². The molecule has 0 atom stereocenters. The van der Waals surface area contributed by atoms with Crippen molar-refractivity contribution in [1.29, 1.82) is 0 Å². The minimum Gasteiger partial charge on any atom is -0.453 e. The summed E-state index contributed by atoms with van der Waals surface area (Å²) in [6.07, 6.45) is -9.99. The molecule has 31 heavy (non-hydrogen) atoms. The molecular formula is C19H11ClF6N4O. The molecule has 0 amide bonds. The lowest BCUT2D eigenvalue weighted by molar-refractivity contribution is -0.162. The zero-order chi connectivity index (χ0) is 22.4. The molecular weight excluding hydrogens is 450 g/mol. The molecule has 0 saturated heterocycles. The fourth-order valence-electron chi connectivity index (χ4n) is 3.18. The number of aryl methyl sites for hydroxylation is 2. The number of halogens is 7. The summed E-state index contributed by atoms with van der Waals surface area (Å²) < 4.78 is 83.8. The Labute approximate surface area is 175 Å². The molecule has 1 N–H and O–H groups in total. The highest BCUT2D eigenvalue weighted by Gasteiger charge is 2.43. The Morgan fingerprint density at radius 3 is 2.29 bits per heavy atom. The maximum Gasteiger partial charge on any atom is 0.417 e. The lowest BCUT2D eigenvalue weighted by atomic mass is 9.98. The zero-order valence-corrected chi connectivity index (χ0v) is 16.0. The van der Waals surface area contributed by atoms with Crippen LogP contribution in [0, 0.1) is 0 Å². The Hall–Kier alpha value is -3.08. The van der Waals surface area contributed by atoms with Crippen molar-refractivity contribution in [1.82, 2.24) is 20.6 Å². The lowest BCUT2D eigenvalue weighted by Crippen LogP contribution is -2.17. The molecule has 2 heterocycles. The molecule has 4 aromatic rings. The number of rotatable bonds is 4. The van der Waals surface area contributed by atoms with Crippen molar-refractivity contribution in [3.05, 3.63) is 63.7 Å². The first-order valence-electron chi connectivity index (χ1n) is 8.75. The summed E-state index contributed by atoms with van der Waals surface area (Å²) >= 11 is 6.27. The second-order valence-corrected chi connectivity index (χ2v) is 7.11. The van der Waals surface area contributed by atoms with E-state index in [-0.39, 0.29) is 24.2 Å². The second kappa shape index (κ2) is 7.56. The van der Waals surface area contributed by atoms with Crippen molar-refractivity contribution in [2.45, 2.75) is 25.2 Å². The average Bonchev–Trinajstić information content (AvgIpc) is 3.33. The molecule has 0 aliphatic carbocycles. The molecule has 0 unspecified atom stereocenters. The normalized spacial score (nSPS) is 12.6. The molecule has 162 valence electrons. The van der Waals surface area contributed by atoms with Crippen molar-refractivity contribution in [2.24, 2.45) is 0 Å². The van der Waals surface area contributed by atoms with Crippen LogP contribution in [0.1, 0.15) is 22.3 Å². The van der Waals surface area contributed by atoms with Crippen LogP contribution in [0.3, 0.4) is 0 Å². The van der Waals surface area contributed by atoms with Gasteiger partial charge < -0.3 is 4.42 Å². The number of H-pyrrole nitrogens is 1. The first-order chi connectivity index (χ1) is 14.5. The van der Waals surface area contributed by atoms with E-state index in [4.69, 9.17) is 16.0 Å². The number of aromatic nitrogens is 4. The average molecular weight is 461 g/mol. The molecule has 0 fully saturated rings. The zero-order valence-electron chi connectivity index (χ0n) is 15.3. The Morgan fingerprint density at radius 2 is 1.65 bits per heavy atom. The number of hydrogen-bond acceptors (Lipinski definition) is 4. The molecule has 12 heteroatoms. The summed E-state index contributed by atoms with van der Waals surface area (Å²) in [7, 11) is 0. The predicted octanol–water partition coefficient (Wildman–Crippen LogP) is 6.09. The van der Waals surface area contributed by atoms with Crippen molar-refractivity contribution in [2.75, 3.05) is 0 Å². The van der Waals surface area contributed by atoms with Gasteiger partial charge >= 0.3 is 12.4 Å². The van der Waals surface area contributed by atoms with Crippen LogP contribution in [0.2, 0.25) is 5.02 Å². The number of nitrogens with zero attached hydrogens (tertiary/aromatic N) is 3. The fourth-order valence-corrected chi connectivity index (χ4v) is 3.44. The van der Waals surface area contributed by atoms with Gasteiger partial charge in [0.15, 0.2) is 5.76 Å². The van der Waals surface area contributed by atoms with Crippen molar-refractivity contribution in [3.63, 3.8) is 0 Å². The SMILES string of the molecule is FC(F)(F)c1ccc(CCc2cc3oc(-c4nn[nH]n4)cc3cc2Cl)cc1C(F)(F)F. The van der Waals surface area contributed by atoms with Crippen LogP contribution in [0.25, 0.3) is 22.6 Å². The molecule has 0 aliphatic rings. The summed E-state index contributed by atoms with van der Waals surface area (Å²) in [4.78, 5) is 0. The Morgan fingerprint density at radius 1 is 0.903 bits per heavy atom. The van der Waals surface area contributed by atoms with E-state index in [0.29, 0.717) is 39.4 Å². The monoisotopic (exact) mass is 460 g/mol. The molecule has 0 radical (unpaired) electrons. The fraction of sp³-hybridized carbons (Fsp3) is 0.211. The van der Waals surface area contributed by atoms with Gasteiger partial charge in [0, 0.05) is 10.4 Å². The van der Waals surface area contributed by atoms with E-state index in [1.165, 1.54) is 0 Å². The van der Waals surface area contributed by atoms with Gasteiger partial charge in [-0.15, -0.1) is 10.2 Å². The summed E-state index contributed by atoms with van der Waals surface area (Å²) in [5, 5.41) is 14.4. The highest BCUT2D eigenvalue weighted by Crippen LogP contribution is 2.41. The maximum atomic E-state index is 13.1. The van der Waals surface area contributed by atoms with Crippen LogP contribution in [0.15, 0.2) is 40.8 Å². The second-order valence-electron chi connectivity index (χ2n) is 6.70. The van der Waals surface area contributed by atoms with Gasteiger partial charge in [0.1, 0.15) is 5.58 Å². The van der Waals surface area contributed by atoms with Crippen LogP contribution < -0.4 is 0 Å². The molecule has 2 aromatic carbocycles. The third-order valence-corrected chi connectivity index (χ3v) is 4.98. The Kier molecular flexibility index (Phi) is 5.16. The number of fused-ring (bicyclic) bond motifs is 1. The number of alkyl halides is 6. The van der Waals surface area contributed by atoms with Crippen LogP contribution in [0.4, 0.5) is 26.3 Å². The standard InChI is InChI=1S/C19H11ClF6N4O/c20-14-6-11-8-16(17-27-29-30-28-17)31-15(11)7-10(14)3-1-9-2-4-12(18(21,22)23)13(5-9)19(24,25)26/h2,4-8H,1,3H2,(H,27,28,29,30). The molecule has 2 aromatic heterocycles. The van der Waals surface area contributed by atoms with E-state index in [1.54, 1.807) is 18.2 Å². The minimum atomic E-state index is -5.13. The molecule has 0 aliphatic heterocycles. The third-order valence-electron chi connectivity index (χ3n) is 4.63. The topological polar surface area (TPSA) is 67.6 Å². The smallest absolute Gasteiger partial charge is 0.417 e.